The molecule has 0 aliphatic rings. The Hall–Kier alpha value is -2.56. The van der Waals surface area contributed by atoms with E-state index in [1.807, 2.05) is 13.0 Å². The number of halogens is 1. The molecule has 0 fully saturated rings. The molecule has 2 aromatic rings. The summed E-state index contributed by atoms with van der Waals surface area (Å²) in [5.74, 6) is -0.496. The summed E-state index contributed by atoms with van der Waals surface area (Å²) in [5, 5.41) is 5.79. The van der Waals surface area contributed by atoms with Gasteiger partial charge in [0.2, 0.25) is 0 Å². The van der Waals surface area contributed by atoms with E-state index in [9.17, 15) is 9.18 Å². The molecular formula is C16H18FN3O. The molecule has 4 N–H and O–H groups in total. The SMILES string of the molecule is CNC(=O)c1ccc(N)cc1NC(C)c1cccc(F)c1. The molecule has 1 amide bonds. The normalized spacial score (nSPS) is 11.8. The van der Waals surface area contributed by atoms with Crippen molar-refractivity contribution in [1.29, 1.82) is 0 Å². The highest BCUT2D eigenvalue weighted by atomic mass is 19.1. The second-order valence-electron chi connectivity index (χ2n) is 4.81. The smallest absolute Gasteiger partial charge is 0.253 e. The first-order valence-electron chi connectivity index (χ1n) is 6.65. The zero-order chi connectivity index (χ0) is 15.4. The van der Waals surface area contributed by atoms with Crippen molar-refractivity contribution in [2.45, 2.75) is 13.0 Å². The van der Waals surface area contributed by atoms with Gasteiger partial charge in [0.25, 0.3) is 5.91 Å². The van der Waals surface area contributed by atoms with E-state index in [-0.39, 0.29) is 17.8 Å². The third kappa shape index (κ3) is 3.51. The lowest BCUT2D eigenvalue weighted by molar-refractivity contribution is 0.0964. The minimum atomic E-state index is -0.291. The quantitative estimate of drug-likeness (QED) is 0.757. The minimum absolute atomic E-state index is 0.161. The van der Waals surface area contributed by atoms with Crippen LogP contribution in [0.5, 0.6) is 0 Å². The molecule has 0 bridgehead atoms. The van der Waals surface area contributed by atoms with Crippen LogP contribution < -0.4 is 16.4 Å². The Balaban J connectivity index is 2.30. The van der Waals surface area contributed by atoms with Crippen molar-refractivity contribution in [3.05, 3.63) is 59.4 Å². The molecule has 0 aliphatic carbocycles. The molecule has 0 saturated carbocycles. The molecule has 0 spiro atoms. The first kappa shape index (κ1) is 14.8. The van der Waals surface area contributed by atoms with Gasteiger partial charge in [-0.25, -0.2) is 4.39 Å². The topological polar surface area (TPSA) is 67.2 Å². The average Bonchev–Trinajstić information content (AvgIpc) is 2.46. The maximum atomic E-state index is 13.3. The van der Waals surface area contributed by atoms with Crippen LogP contribution in [0.3, 0.4) is 0 Å². The molecule has 110 valence electrons. The molecule has 0 heterocycles. The van der Waals surface area contributed by atoms with Crippen molar-refractivity contribution in [2.24, 2.45) is 0 Å². The van der Waals surface area contributed by atoms with Gasteiger partial charge in [0.15, 0.2) is 0 Å². The van der Waals surface area contributed by atoms with Gasteiger partial charge in [0.1, 0.15) is 5.82 Å². The van der Waals surface area contributed by atoms with Crippen LogP contribution in [0.25, 0.3) is 0 Å². The van der Waals surface area contributed by atoms with Gasteiger partial charge in [-0.3, -0.25) is 4.79 Å². The summed E-state index contributed by atoms with van der Waals surface area (Å²) in [6.07, 6.45) is 0. The van der Waals surface area contributed by atoms with Gasteiger partial charge in [0, 0.05) is 24.5 Å². The van der Waals surface area contributed by atoms with Crippen molar-refractivity contribution in [1.82, 2.24) is 5.32 Å². The minimum Gasteiger partial charge on any atom is -0.399 e. The maximum absolute atomic E-state index is 13.3. The molecule has 1 unspecified atom stereocenters. The highest BCUT2D eigenvalue weighted by Crippen LogP contribution is 2.25. The molecule has 0 aliphatic heterocycles. The fourth-order valence-electron chi connectivity index (χ4n) is 2.11. The van der Waals surface area contributed by atoms with Gasteiger partial charge < -0.3 is 16.4 Å². The third-order valence-electron chi connectivity index (χ3n) is 3.24. The Morgan fingerprint density at radius 2 is 2.00 bits per heavy atom. The summed E-state index contributed by atoms with van der Waals surface area (Å²) >= 11 is 0. The van der Waals surface area contributed by atoms with Gasteiger partial charge >= 0.3 is 0 Å². The van der Waals surface area contributed by atoms with Crippen molar-refractivity contribution in [2.75, 3.05) is 18.1 Å². The van der Waals surface area contributed by atoms with Crippen molar-refractivity contribution in [3.8, 4) is 0 Å². The van der Waals surface area contributed by atoms with Crippen molar-refractivity contribution < 1.29 is 9.18 Å². The Morgan fingerprint density at radius 3 is 2.67 bits per heavy atom. The summed E-state index contributed by atoms with van der Waals surface area (Å²) in [6.45, 7) is 1.89. The van der Waals surface area contributed by atoms with E-state index >= 15 is 0 Å². The number of rotatable bonds is 4. The largest absolute Gasteiger partial charge is 0.399 e. The molecule has 0 saturated heterocycles. The van der Waals surface area contributed by atoms with Crippen LogP contribution in [0.15, 0.2) is 42.5 Å². The number of amides is 1. The molecule has 1 atom stereocenters. The van der Waals surface area contributed by atoms with Gasteiger partial charge in [-0.2, -0.15) is 0 Å². The lowest BCUT2D eigenvalue weighted by Crippen LogP contribution is -2.20. The summed E-state index contributed by atoms with van der Waals surface area (Å²) in [4.78, 5) is 11.9. The Bertz CT molecular complexity index is 658. The van der Waals surface area contributed by atoms with Crippen LogP contribution in [0, 0.1) is 5.82 Å². The van der Waals surface area contributed by atoms with Crippen LogP contribution in [0.4, 0.5) is 15.8 Å². The average molecular weight is 287 g/mol. The Morgan fingerprint density at radius 1 is 1.24 bits per heavy atom. The van der Waals surface area contributed by atoms with E-state index in [1.165, 1.54) is 12.1 Å². The molecule has 2 rings (SSSR count). The van der Waals surface area contributed by atoms with E-state index in [0.717, 1.165) is 5.56 Å². The lowest BCUT2D eigenvalue weighted by atomic mass is 10.1. The fraction of sp³-hybridized carbons (Fsp3) is 0.188. The second kappa shape index (κ2) is 6.26. The van der Waals surface area contributed by atoms with Gasteiger partial charge in [-0.05, 0) is 42.8 Å². The van der Waals surface area contributed by atoms with E-state index in [0.29, 0.717) is 16.9 Å². The number of benzene rings is 2. The number of anilines is 2. The van der Waals surface area contributed by atoms with Crippen LogP contribution in [-0.2, 0) is 0 Å². The molecular weight excluding hydrogens is 269 g/mol. The number of carbonyl (C=O) groups excluding carboxylic acids is 1. The first-order chi connectivity index (χ1) is 10.0. The van der Waals surface area contributed by atoms with Crippen LogP contribution in [-0.4, -0.2) is 13.0 Å². The van der Waals surface area contributed by atoms with Gasteiger partial charge in [-0.1, -0.05) is 12.1 Å². The summed E-state index contributed by atoms with van der Waals surface area (Å²) in [6, 6.07) is 11.2. The maximum Gasteiger partial charge on any atom is 0.253 e. The summed E-state index contributed by atoms with van der Waals surface area (Å²) in [5.41, 5.74) is 8.23. The van der Waals surface area contributed by atoms with E-state index < -0.39 is 0 Å². The number of carbonyl (C=O) groups is 1. The van der Waals surface area contributed by atoms with Crippen LogP contribution in [0.2, 0.25) is 0 Å². The first-order valence-corrected chi connectivity index (χ1v) is 6.65. The zero-order valence-corrected chi connectivity index (χ0v) is 12.0. The summed E-state index contributed by atoms with van der Waals surface area (Å²) in [7, 11) is 1.57. The molecule has 21 heavy (non-hydrogen) atoms. The molecule has 0 radical (unpaired) electrons. The van der Waals surface area contributed by atoms with Crippen LogP contribution in [0.1, 0.15) is 28.9 Å². The van der Waals surface area contributed by atoms with Gasteiger partial charge in [-0.15, -0.1) is 0 Å². The number of nitrogens with one attached hydrogen (secondary N) is 2. The second-order valence-corrected chi connectivity index (χ2v) is 4.81. The number of nitrogen functional groups attached to an aromatic ring is 1. The number of hydrogen-bond donors (Lipinski definition) is 3. The Kier molecular flexibility index (Phi) is 4.42. The third-order valence-corrected chi connectivity index (χ3v) is 3.24. The molecule has 0 aromatic heterocycles. The van der Waals surface area contributed by atoms with Crippen molar-refractivity contribution >= 4 is 17.3 Å². The van der Waals surface area contributed by atoms with E-state index in [4.69, 9.17) is 5.73 Å². The number of hydrogen-bond acceptors (Lipinski definition) is 3. The highest BCUT2D eigenvalue weighted by molar-refractivity contribution is 6.00. The zero-order valence-electron chi connectivity index (χ0n) is 12.0. The monoisotopic (exact) mass is 287 g/mol. The van der Waals surface area contributed by atoms with Gasteiger partial charge in [0.05, 0.1) is 5.56 Å². The molecule has 2 aromatic carbocycles. The van der Waals surface area contributed by atoms with E-state index in [2.05, 4.69) is 10.6 Å². The Labute approximate surface area is 123 Å². The number of nitrogens with two attached hydrogens (primary N) is 1. The highest BCUT2D eigenvalue weighted by Gasteiger charge is 2.13. The standard InChI is InChI=1S/C16H18FN3O/c1-10(11-4-3-5-12(17)8-11)20-15-9-13(18)6-7-14(15)16(21)19-2/h3-10,20H,18H2,1-2H3,(H,19,21). The lowest BCUT2D eigenvalue weighted by Gasteiger charge is -2.18. The predicted octanol–water partition coefficient (Wildman–Crippen LogP) is 2.94. The van der Waals surface area contributed by atoms with Crippen LogP contribution >= 0.6 is 0 Å². The molecule has 5 heteroatoms. The molecule has 4 nitrogen and oxygen atoms in total. The predicted molar refractivity (Wildman–Crippen MR) is 82.7 cm³/mol. The summed E-state index contributed by atoms with van der Waals surface area (Å²) < 4.78 is 13.3. The van der Waals surface area contributed by atoms with Crippen molar-refractivity contribution in [3.63, 3.8) is 0 Å². The van der Waals surface area contributed by atoms with E-state index in [1.54, 1.807) is 31.3 Å². The fourth-order valence-corrected chi connectivity index (χ4v) is 2.11.